The predicted octanol–water partition coefficient (Wildman–Crippen LogP) is 2.62. The van der Waals surface area contributed by atoms with Crippen LogP contribution in [0.1, 0.15) is 18.9 Å². The standard InChI is InChI=1S/C14H22N2O2S/c1-11-6-4-5-7-12(11)16-13(17)15-10-14(2,18)8-9-19-3/h4-7,18H,8-10H2,1-3H3,(H2,15,16,17)/t14-/m1/s1. The zero-order valence-electron chi connectivity index (χ0n) is 11.7. The lowest BCUT2D eigenvalue weighted by Gasteiger charge is -2.23. The molecule has 19 heavy (non-hydrogen) atoms. The van der Waals surface area contributed by atoms with Crippen molar-refractivity contribution in [2.24, 2.45) is 0 Å². The highest BCUT2D eigenvalue weighted by Gasteiger charge is 2.20. The number of carbonyl (C=O) groups is 1. The van der Waals surface area contributed by atoms with Gasteiger partial charge in [0.15, 0.2) is 0 Å². The Bertz CT molecular complexity index is 422. The Balaban J connectivity index is 2.42. The number of carbonyl (C=O) groups excluding carboxylic acids is 1. The summed E-state index contributed by atoms with van der Waals surface area (Å²) in [5.41, 5.74) is 0.919. The summed E-state index contributed by atoms with van der Waals surface area (Å²) in [6, 6.07) is 7.28. The molecule has 4 nitrogen and oxygen atoms in total. The van der Waals surface area contributed by atoms with Gasteiger partial charge in [-0.25, -0.2) is 4.79 Å². The second kappa shape index (κ2) is 7.40. The quantitative estimate of drug-likeness (QED) is 0.751. The maximum absolute atomic E-state index is 11.7. The molecule has 5 heteroatoms. The van der Waals surface area contributed by atoms with Crippen molar-refractivity contribution in [3.63, 3.8) is 0 Å². The van der Waals surface area contributed by atoms with Gasteiger partial charge in [-0.1, -0.05) is 18.2 Å². The summed E-state index contributed by atoms with van der Waals surface area (Å²) in [6.07, 6.45) is 2.65. The molecule has 0 bridgehead atoms. The van der Waals surface area contributed by atoms with Crippen molar-refractivity contribution in [3.05, 3.63) is 29.8 Å². The number of thioether (sulfide) groups is 1. The van der Waals surface area contributed by atoms with Gasteiger partial charge in [0.1, 0.15) is 0 Å². The number of aryl methyl sites for hydroxylation is 1. The van der Waals surface area contributed by atoms with E-state index < -0.39 is 5.60 Å². The summed E-state index contributed by atoms with van der Waals surface area (Å²) >= 11 is 1.68. The van der Waals surface area contributed by atoms with E-state index >= 15 is 0 Å². The van der Waals surface area contributed by atoms with Gasteiger partial charge in [0.05, 0.1) is 5.60 Å². The lowest BCUT2D eigenvalue weighted by Crippen LogP contribution is -2.42. The molecule has 0 spiro atoms. The molecule has 106 valence electrons. The van der Waals surface area contributed by atoms with Crippen molar-refractivity contribution in [1.29, 1.82) is 0 Å². The van der Waals surface area contributed by atoms with Gasteiger partial charge in [-0.05, 0) is 43.9 Å². The fourth-order valence-electron chi connectivity index (χ4n) is 1.56. The Kier molecular flexibility index (Phi) is 6.18. The summed E-state index contributed by atoms with van der Waals surface area (Å²) in [7, 11) is 0. The second-order valence-electron chi connectivity index (χ2n) is 4.86. The van der Waals surface area contributed by atoms with Gasteiger partial charge in [-0.2, -0.15) is 11.8 Å². The number of aliphatic hydroxyl groups is 1. The van der Waals surface area contributed by atoms with Gasteiger partial charge in [-0.15, -0.1) is 0 Å². The highest BCUT2D eigenvalue weighted by Crippen LogP contribution is 2.14. The molecule has 0 aliphatic rings. The SMILES string of the molecule is CSCC[C@@](C)(O)CNC(=O)Nc1ccccc1C. The summed E-state index contributed by atoms with van der Waals surface area (Å²) in [6.45, 7) is 3.91. The number of benzene rings is 1. The molecule has 1 rings (SSSR count). The predicted molar refractivity (Wildman–Crippen MR) is 81.8 cm³/mol. The molecule has 0 unspecified atom stereocenters. The van der Waals surface area contributed by atoms with E-state index in [1.807, 2.05) is 37.4 Å². The van der Waals surface area contributed by atoms with Crippen LogP contribution in [-0.4, -0.2) is 35.3 Å². The topological polar surface area (TPSA) is 61.4 Å². The van der Waals surface area contributed by atoms with E-state index in [4.69, 9.17) is 0 Å². The first kappa shape index (κ1) is 15.9. The van der Waals surface area contributed by atoms with Crippen molar-refractivity contribution >= 4 is 23.5 Å². The van der Waals surface area contributed by atoms with E-state index in [-0.39, 0.29) is 12.6 Å². The zero-order valence-corrected chi connectivity index (χ0v) is 12.5. The number of rotatable bonds is 6. The average molecular weight is 282 g/mol. The van der Waals surface area contributed by atoms with Crippen LogP contribution in [0.15, 0.2) is 24.3 Å². The minimum absolute atomic E-state index is 0.241. The molecule has 1 atom stereocenters. The average Bonchev–Trinajstić information content (AvgIpc) is 2.37. The van der Waals surface area contributed by atoms with Gasteiger partial charge < -0.3 is 15.7 Å². The molecule has 0 radical (unpaired) electrons. The molecule has 3 N–H and O–H groups in total. The molecule has 0 saturated carbocycles. The smallest absolute Gasteiger partial charge is 0.319 e. The number of hydrogen-bond donors (Lipinski definition) is 3. The fraction of sp³-hybridized carbons (Fsp3) is 0.500. The van der Waals surface area contributed by atoms with Gasteiger partial charge in [0.2, 0.25) is 0 Å². The van der Waals surface area contributed by atoms with Crippen LogP contribution in [-0.2, 0) is 0 Å². The molecule has 0 saturated heterocycles. The highest BCUT2D eigenvalue weighted by molar-refractivity contribution is 7.98. The lowest BCUT2D eigenvalue weighted by atomic mass is 10.0. The summed E-state index contributed by atoms with van der Waals surface area (Å²) < 4.78 is 0. The fourth-order valence-corrected chi connectivity index (χ4v) is 2.20. The number of hydrogen-bond acceptors (Lipinski definition) is 3. The minimum Gasteiger partial charge on any atom is -0.388 e. The molecular weight excluding hydrogens is 260 g/mol. The number of anilines is 1. The van der Waals surface area contributed by atoms with Gasteiger partial charge in [0, 0.05) is 12.2 Å². The van der Waals surface area contributed by atoms with Crippen LogP contribution in [0.2, 0.25) is 0 Å². The lowest BCUT2D eigenvalue weighted by molar-refractivity contribution is 0.0599. The third kappa shape index (κ3) is 5.98. The summed E-state index contributed by atoms with van der Waals surface area (Å²) in [5, 5.41) is 15.5. The number of urea groups is 1. The summed E-state index contributed by atoms with van der Waals surface area (Å²) in [4.78, 5) is 11.7. The van der Waals surface area contributed by atoms with Crippen molar-refractivity contribution in [3.8, 4) is 0 Å². The molecule has 0 heterocycles. The minimum atomic E-state index is -0.869. The van der Waals surface area contributed by atoms with Crippen LogP contribution in [0.3, 0.4) is 0 Å². The molecular formula is C14H22N2O2S. The van der Waals surface area contributed by atoms with E-state index in [9.17, 15) is 9.90 Å². The first-order chi connectivity index (χ1) is 8.94. The van der Waals surface area contributed by atoms with E-state index in [1.54, 1.807) is 18.7 Å². The van der Waals surface area contributed by atoms with Gasteiger partial charge in [0.25, 0.3) is 0 Å². The van der Waals surface area contributed by atoms with E-state index in [0.717, 1.165) is 17.0 Å². The molecule has 0 aromatic heterocycles. The van der Waals surface area contributed by atoms with Crippen molar-refractivity contribution in [1.82, 2.24) is 5.32 Å². The van der Waals surface area contributed by atoms with Crippen LogP contribution >= 0.6 is 11.8 Å². The van der Waals surface area contributed by atoms with Crippen molar-refractivity contribution in [2.75, 3.05) is 23.9 Å². The van der Waals surface area contributed by atoms with Gasteiger partial charge >= 0.3 is 6.03 Å². The second-order valence-corrected chi connectivity index (χ2v) is 5.85. The highest BCUT2D eigenvalue weighted by atomic mass is 32.2. The Labute approximate surface area is 119 Å². The Morgan fingerprint density at radius 2 is 2.11 bits per heavy atom. The zero-order chi connectivity index (χ0) is 14.3. The Morgan fingerprint density at radius 3 is 2.74 bits per heavy atom. The Hall–Kier alpha value is -1.20. The van der Waals surface area contributed by atoms with Crippen LogP contribution in [0.4, 0.5) is 10.5 Å². The first-order valence-corrected chi connectivity index (χ1v) is 7.66. The van der Waals surface area contributed by atoms with Crippen LogP contribution in [0.25, 0.3) is 0 Å². The van der Waals surface area contributed by atoms with Crippen LogP contribution in [0.5, 0.6) is 0 Å². The normalized spacial score (nSPS) is 13.7. The molecule has 0 fully saturated rings. The van der Waals surface area contributed by atoms with Crippen molar-refractivity contribution < 1.29 is 9.90 Å². The molecule has 0 aliphatic carbocycles. The van der Waals surface area contributed by atoms with Crippen LogP contribution < -0.4 is 10.6 Å². The monoisotopic (exact) mass is 282 g/mol. The third-order valence-electron chi connectivity index (χ3n) is 2.87. The Morgan fingerprint density at radius 1 is 1.42 bits per heavy atom. The maximum atomic E-state index is 11.7. The maximum Gasteiger partial charge on any atom is 0.319 e. The third-order valence-corrected chi connectivity index (χ3v) is 3.48. The van der Waals surface area contributed by atoms with E-state index in [0.29, 0.717) is 6.42 Å². The number of nitrogens with one attached hydrogen (secondary N) is 2. The first-order valence-electron chi connectivity index (χ1n) is 6.26. The molecule has 1 aromatic carbocycles. The largest absolute Gasteiger partial charge is 0.388 e. The van der Waals surface area contributed by atoms with Crippen molar-refractivity contribution in [2.45, 2.75) is 25.9 Å². The molecule has 1 aromatic rings. The van der Waals surface area contributed by atoms with Gasteiger partial charge in [-0.3, -0.25) is 0 Å². The number of para-hydroxylation sites is 1. The van der Waals surface area contributed by atoms with E-state index in [2.05, 4.69) is 10.6 Å². The molecule has 0 aliphatic heterocycles. The van der Waals surface area contributed by atoms with E-state index in [1.165, 1.54) is 0 Å². The van der Waals surface area contributed by atoms with Crippen LogP contribution in [0, 0.1) is 6.92 Å². The number of amides is 2. The molecule has 2 amide bonds. The summed E-state index contributed by atoms with van der Waals surface area (Å²) in [5.74, 6) is 0.869.